The second-order valence-corrected chi connectivity index (χ2v) is 5.90. The summed E-state index contributed by atoms with van der Waals surface area (Å²) in [5.41, 5.74) is 2.78. The summed E-state index contributed by atoms with van der Waals surface area (Å²) in [6, 6.07) is 11.5. The highest BCUT2D eigenvalue weighted by Crippen LogP contribution is 2.18. The van der Waals surface area contributed by atoms with Gasteiger partial charge in [0.15, 0.2) is 0 Å². The molecule has 3 rings (SSSR count). The Morgan fingerprint density at radius 1 is 1.08 bits per heavy atom. The van der Waals surface area contributed by atoms with E-state index in [2.05, 4.69) is 4.98 Å². The van der Waals surface area contributed by atoms with E-state index in [1.165, 1.54) is 0 Å². The third-order valence-corrected chi connectivity index (χ3v) is 4.13. The fourth-order valence-corrected chi connectivity index (χ4v) is 2.86. The van der Waals surface area contributed by atoms with E-state index in [0.29, 0.717) is 13.2 Å². The molecule has 0 aliphatic heterocycles. The van der Waals surface area contributed by atoms with Crippen molar-refractivity contribution in [1.29, 1.82) is 0 Å². The van der Waals surface area contributed by atoms with Crippen LogP contribution < -0.4 is 5.56 Å². The Balaban J connectivity index is 1.49. The van der Waals surface area contributed by atoms with Crippen LogP contribution in [0.4, 0.5) is 0 Å². The molecule has 0 spiro atoms. The van der Waals surface area contributed by atoms with Crippen molar-refractivity contribution in [1.82, 2.24) is 4.98 Å². The van der Waals surface area contributed by atoms with Gasteiger partial charge in [-0.25, -0.2) is 4.79 Å². The topological polar surface area (TPSA) is 68.4 Å². The summed E-state index contributed by atoms with van der Waals surface area (Å²) >= 11 is 0. The van der Waals surface area contributed by atoms with Gasteiger partial charge in [0.25, 0.3) is 5.56 Å². The van der Waals surface area contributed by atoms with E-state index in [9.17, 15) is 9.59 Å². The molecule has 1 aliphatic carbocycles. The molecule has 0 bridgehead atoms. The van der Waals surface area contributed by atoms with Gasteiger partial charge < -0.3 is 14.5 Å². The first-order valence-electron chi connectivity index (χ1n) is 8.28. The molecular formula is C19H21NO4. The van der Waals surface area contributed by atoms with Gasteiger partial charge in [0, 0.05) is 5.69 Å². The number of esters is 1. The van der Waals surface area contributed by atoms with Crippen molar-refractivity contribution in [2.24, 2.45) is 0 Å². The number of benzene rings is 1. The molecular weight excluding hydrogens is 306 g/mol. The summed E-state index contributed by atoms with van der Waals surface area (Å²) in [5.74, 6) is -0.590. The minimum absolute atomic E-state index is 0.0821. The van der Waals surface area contributed by atoms with Crippen LogP contribution in [0.3, 0.4) is 0 Å². The predicted octanol–water partition coefficient (Wildman–Crippen LogP) is 2.63. The monoisotopic (exact) mass is 327 g/mol. The Bertz CT molecular complexity index is 752. The van der Waals surface area contributed by atoms with Crippen molar-refractivity contribution in [3.05, 3.63) is 69.1 Å². The van der Waals surface area contributed by atoms with Crippen LogP contribution in [0.5, 0.6) is 0 Å². The van der Waals surface area contributed by atoms with Gasteiger partial charge in [-0.2, -0.15) is 0 Å². The van der Waals surface area contributed by atoms with E-state index in [0.717, 1.165) is 42.5 Å². The van der Waals surface area contributed by atoms with Crippen molar-refractivity contribution < 1.29 is 14.3 Å². The number of hydrogen-bond donors (Lipinski definition) is 1. The smallest absolute Gasteiger partial charge is 0.343 e. The van der Waals surface area contributed by atoms with Crippen LogP contribution >= 0.6 is 0 Å². The van der Waals surface area contributed by atoms with Crippen LogP contribution in [0, 0.1) is 0 Å². The van der Waals surface area contributed by atoms with E-state index in [1.807, 2.05) is 30.3 Å². The van der Waals surface area contributed by atoms with Crippen LogP contribution in [-0.4, -0.2) is 24.2 Å². The minimum atomic E-state index is -0.590. The lowest BCUT2D eigenvalue weighted by atomic mass is 9.95. The average Bonchev–Trinajstić information content (AvgIpc) is 2.61. The largest absolute Gasteiger partial charge is 0.459 e. The second-order valence-electron chi connectivity index (χ2n) is 5.90. The fourth-order valence-electron chi connectivity index (χ4n) is 2.86. The molecule has 1 heterocycles. The van der Waals surface area contributed by atoms with E-state index in [4.69, 9.17) is 9.47 Å². The number of fused-ring (bicyclic) bond motifs is 1. The SMILES string of the molecule is O=C(OCCOCc1ccccc1)c1cc2c([nH]c1=O)CCCC2. The summed E-state index contributed by atoms with van der Waals surface area (Å²) in [7, 11) is 0. The van der Waals surface area contributed by atoms with Crippen LogP contribution in [0.1, 0.15) is 40.0 Å². The van der Waals surface area contributed by atoms with E-state index in [1.54, 1.807) is 6.07 Å². The number of aromatic nitrogens is 1. The van der Waals surface area contributed by atoms with Crippen LogP contribution in [-0.2, 0) is 28.9 Å². The zero-order valence-corrected chi connectivity index (χ0v) is 13.5. The number of pyridine rings is 1. The molecule has 24 heavy (non-hydrogen) atoms. The number of H-pyrrole nitrogens is 1. The molecule has 0 atom stereocenters. The van der Waals surface area contributed by atoms with Gasteiger partial charge >= 0.3 is 5.97 Å². The molecule has 0 saturated carbocycles. The summed E-state index contributed by atoms with van der Waals surface area (Å²) < 4.78 is 10.6. The zero-order chi connectivity index (χ0) is 16.8. The zero-order valence-electron chi connectivity index (χ0n) is 13.5. The summed E-state index contributed by atoms with van der Waals surface area (Å²) in [4.78, 5) is 26.9. The van der Waals surface area contributed by atoms with Gasteiger partial charge in [-0.1, -0.05) is 30.3 Å². The maximum Gasteiger partial charge on any atom is 0.343 e. The second kappa shape index (κ2) is 7.93. The number of aryl methyl sites for hydroxylation is 2. The molecule has 5 nitrogen and oxygen atoms in total. The quantitative estimate of drug-likeness (QED) is 0.654. The van der Waals surface area contributed by atoms with E-state index >= 15 is 0 Å². The molecule has 2 aromatic rings. The number of rotatable bonds is 6. The third-order valence-electron chi connectivity index (χ3n) is 4.13. The molecule has 5 heteroatoms. The Morgan fingerprint density at radius 2 is 1.88 bits per heavy atom. The van der Waals surface area contributed by atoms with Crippen molar-refractivity contribution in [2.45, 2.75) is 32.3 Å². The molecule has 1 aliphatic rings. The number of carbonyl (C=O) groups is 1. The first kappa shape index (κ1) is 16.5. The Labute approximate surface area is 140 Å². The highest BCUT2D eigenvalue weighted by atomic mass is 16.6. The lowest BCUT2D eigenvalue weighted by molar-refractivity contribution is 0.0286. The molecule has 0 radical (unpaired) electrons. The molecule has 1 aromatic carbocycles. The lowest BCUT2D eigenvalue weighted by Gasteiger charge is -2.15. The van der Waals surface area contributed by atoms with Crippen LogP contribution in [0.15, 0.2) is 41.2 Å². The van der Waals surface area contributed by atoms with Gasteiger partial charge in [0.2, 0.25) is 0 Å². The molecule has 0 amide bonds. The summed E-state index contributed by atoms with van der Waals surface area (Å²) in [6.07, 6.45) is 3.92. The first-order chi connectivity index (χ1) is 11.7. The first-order valence-corrected chi connectivity index (χ1v) is 8.28. The third kappa shape index (κ3) is 4.11. The molecule has 0 unspecified atom stereocenters. The van der Waals surface area contributed by atoms with Crippen LogP contribution in [0.25, 0.3) is 0 Å². The number of aromatic amines is 1. The maximum atomic E-state index is 12.1. The number of ether oxygens (including phenoxy) is 2. The fraction of sp³-hybridized carbons (Fsp3) is 0.368. The highest BCUT2D eigenvalue weighted by Gasteiger charge is 2.17. The Kier molecular flexibility index (Phi) is 5.43. The van der Waals surface area contributed by atoms with Gasteiger partial charge in [0.1, 0.15) is 12.2 Å². The molecule has 0 fully saturated rings. The Hall–Kier alpha value is -2.40. The summed E-state index contributed by atoms with van der Waals surface area (Å²) in [5, 5.41) is 0. The van der Waals surface area contributed by atoms with Crippen LogP contribution in [0.2, 0.25) is 0 Å². The maximum absolute atomic E-state index is 12.1. The lowest BCUT2D eigenvalue weighted by Crippen LogP contribution is -2.24. The number of hydrogen-bond acceptors (Lipinski definition) is 4. The normalized spacial score (nSPS) is 13.3. The van der Waals surface area contributed by atoms with Crippen molar-refractivity contribution in [3.63, 3.8) is 0 Å². The molecule has 1 N–H and O–H groups in total. The highest BCUT2D eigenvalue weighted by molar-refractivity contribution is 5.89. The van der Waals surface area contributed by atoms with E-state index < -0.39 is 5.97 Å². The van der Waals surface area contributed by atoms with Gasteiger partial charge in [-0.15, -0.1) is 0 Å². The van der Waals surface area contributed by atoms with Gasteiger partial charge in [-0.05, 0) is 42.9 Å². The Morgan fingerprint density at radius 3 is 2.71 bits per heavy atom. The summed E-state index contributed by atoms with van der Waals surface area (Å²) in [6.45, 7) is 0.892. The molecule has 1 aromatic heterocycles. The molecule has 0 saturated heterocycles. The molecule has 126 valence electrons. The van der Waals surface area contributed by atoms with Crippen molar-refractivity contribution in [3.8, 4) is 0 Å². The number of nitrogens with one attached hydrogen (secondary N) is 1. The van der Waals surface area contributed by atoms with Gasteiger partial charge in [-0.3, -0.25) is 4.79 Å². The number of carbonyl (C=O) groups excluding carboxylic acids is 1. The van der Waals surface area contributed by atoms with Gasteiger partial charge in [0.05, 0.1) is 13.2 Å². The van der Waals surface area contributed by atoms with Crippen molar-refractivity contribution >= 4 is 5.97 Å². The van der Waals surface area contributed by atoms with Crippen molar-refractivity contribution in [2.75, 3.05) is 13.2 Å². The standard InChI is InChI=1S/C19H21NO4/c21-18-16(12-15-8-4-5-9-17(15)20-18)19(22)24-11-10-23-13-14-6-2-1-3-7-14/h1-3,6-7,12H,4-5,8-11,13H2,(H,20,21). The minimum Gasteiger partial charge on any atom is -0.459 e. The average molecular weight is 327 g/mol. The predicted molar refractivity (Wildman–Crippen MR) is 90.1 cm³/mol. The van der Waals surface area contributed by atoms with E-state index in [-0.39, 0.29) is 17.7 Å².